The predicted octanol–water partition coefficient (Wildman–Crippen LogP) is 2.28. The van der Waals surface area contributed by atoms with Crippen LogP contribution < -0.4 is 5.32 Å². The molecule has 96 valence electrons. The van der Waals surface area contributed by atoms with E-state index >= 15 is 0 Å². The average Bonchev–Trinajstić information content (AvgIpc) is 3.10. The zero-order valence-corrected chi connectivity index (χ0v) is 11.2. The summed E-state index contributed by atoms with van der Waals surface area (Å²) < 4.78 is 0. The molecule has 1 N–H and O–H groups in total. The molecule has 0 aromatic rings. The van der Waals surface area contributed by atoms with Crippen molar-refractivity contribution in [3.8, 4) is 6.07 Å². The maximum absolute atomic E-state index is 9.13. The minimum absolute atomic E-state index is 0.0591. The monoisotopic (exact) mass is 235 g/mol. The van der Waals surface area contributed by atoms with Crippen molar-refractivity contribution in [2.45, 2.75) is 76.5 Å². The van der Waals surface area contributed by atoms with Crippen LogP contribution in [-0.2, 0) is 0 Å². The summed E-state index contributed by atoms with van der Waals surface area (Å²) in [6, 6.07) is 4.49. The molecule has 1 aliphatic carbocycles. The van der Waals surface area contributed by atoms with Crippen LogP contribution in [0.4, 0.5) is 0 Å². The molecule has 1 unspecified atom stereocenters. The van der Waals surface area contributed by atoms with Gasteiger partial charge in [-0.05, 0) is 46.0 Å². The maximum Gasteiger partial charge on any atom is 0.0967 e. The van der Waals surface area contributed by atoms with Gasteiger partial charge in [-0.2, -0.15) is 5.26 Å². The summed E-state index contributed by atoms with van der Waals surface area (Å²) in [6.07, 6.45) is 7.49. The van der Waals surface area contributed by atoms with E-state index in [1.54, 1.807) is 0 Å². The molecule has 0 amide bonds. The Morgan fingerprint density at radius 1 is 1.24 bits per heavy atom. The molecule has 2 fully saturated rings. The van der Waals surface area contributed by atoms with Crippen molar-refractivity contribution < 1.29 is 0 Å². The van der Waals surface area contributed by atoms with E-state index in [9.17, 15) is 0 Å². The molecule has 3 heteroatoms. The quantitative estimate of drug-likeness (QED) is 0.794. The van der Waals surface area contributed by atoms with Crippen molar-refractivity contribution in [3.63, 3.8) is 0 Å². The van der Waals surface area contributed by atoms with Crippen molar-refractivity contribution >= 4 is 0 Å². The van der Waals surface area contributed by atoms with Gasteiger partial charge in [0.2, 0.25) is 0 Å². The van der Waals surface area contributed by atoms with Crippen molar-refractivity contribution in [2.75, 3.05) is 6.54 Å². The van der Waals surface area contributed by atoms with E-state index in [-0.39, 0.29) is 6.04 Å². The lowest BCUT2D eigenvalue weighted by Gasteiger charge is -2.39. The average molecular weight is 235 g/mol. The van der Waals surface area contributed by atoms with Gasteiger partial charge in [-0.1, -0.05) is 6.42 Å². The maximum atomic E-state index is 9.13. The van der Waals surface area contributed by atoms with Crippen molar-refractivity contribution in [1.29, 1.82) is 5.26 Å². The molecule has 1 saturated carbocycles. The molecular weight excluding hydrogens is 210 g/mol. The number of hydrogen-bond acceptors (Lipinski definition) is 3. The van der Waals surface area contributed by atoms with Crippen molar-refractivity contribution in [1.82, 2.24) is 10.2 Å². The molecule has 0 radical (unpaired) electrons. The van der Waals surface area contributed by atoms with Crippen LogP contribution in [-0.4, -0.2) is 35.6 Å². The third kappa shape index (κ3) is 3.69. The van der Waals surface area contributed by atoms with Gasteiger partial charge in [-0.3, -0.25) is 10.2 Å². The van der Waals surface area contributed by atoms with Gasteiger partial charge < -0.3 is 0 Å². The van der Waals surface area contributed by atoms with Gasteiger partial charge in [-0.15, -0.1) is 0 Å². The Kier molecular flexibility index (Phi) is 4.42. The smallest absolute Gasteiger partial charge is 0.0967 e. The van der Waals surface area contributed by atoms with Crippen LogP contribution >= 0.6 is 0 Å². The van der Waals surface area contributed by atoms with Gasteiger partial charge in [0, 0.05) is 24.7 Å². The molecule has 0 spiro atoms. The van der Waals surface area contributed by atoms with Crippen molar-refractivity contribution in [3.05, 3.63) is 0 Å². The second-order valence-electron chi connectivity index (χ2n) is 5.78. The van der Waals surface area contributed by atoms with E-state index in [1.165, 1.54) is 32.1 Å². The summed E-state index contributed by atoms with van der Waals surface area (Å²) in [6.45, 7) is 5.72. The van der Waals surface area contributed by atoms with Gasteiger partial charge in [0.15, 0.2) is 0 Å². The van der Waals surface area contributed by atoms with Gasteiger partial charge >= 0.3 is 0 Å². The van der Waals surface area contributed by atoms with Crippen molar-refractivity contribution in [2.24, 2.45) is 0 Å². The SMILES string of the molecule is C[C@@H]1CCC[C@H](C)N1CCC(C#N)NC1CC1. The van der Waals surface area contributed by atoms with Crippen LogP contribution in [0.1, 0.15) is 52.4 Å². The molecule has 1 aliphatic heterocycles. The Labute approximate surface area is 105 Å². The first-order valence-corrected chi connectivity index (χ1v) is 7.12. The summed E-state index contributed by atoms with van der Waals surface area (Å²) in [7, 11) is 0. The van der Waals surface area contributed by atoms with Crippen LogP contribution in [0.2, 0.25) is 0 Å². The second kappa shape index (κ2) is 5.84. The largest absolute Gasteiger partial charge is 0.299 e. The molecule has 1 heterocycles. The number of hydrogen-bond donors (Lipinski definition) is 1. The summed E-state index contributed by atoms with van der Waals surface area (Å²) in [5.41, 5.74) is 0. The highest BCUT2D eigenvalue weighted by Gasteiger charge is 2.27. The highest BCUT2D eigenvalue weighted by molar-refractivity contribution is 4.96. The normalized spacial score (nSPS) is 32.1. The third-order valence-electron chi connectivity index (χ3n) is 4.22. The van der Waals surface area contributed by atoms with Gasteiger partial charge in [0.05, 0.1) is 12.1 Å². The molecule has 2 rings (SSSR count). The van der Waals surface area contributed by atoms with E-state index in [0.29, 0.717) is 18.1 Å². The third-order valence-corrected chi connectivity index (χ3v) is 4.22. The summed E-state index contributed by atoms with van der Waals surface area (Å²) in [5, 5.41) is 12.6. The first kappa shape index (κ1) is 12.9. The second-order valence-corrected chi connectivity index (χ2v) is 5.78. The van der Waals surface area contributed by atoms with Gasteiger partial charge in [-0.25, -0.2) is 0 Å². The molecule has 1 saturated heterocycles. The topological polar surface area (TPSA) is 39.1 Å². The lowest BCUT2D eigenvalue weighted by Crippen LogP contribution is -2.45. The highest BCUT2D eigenvalue weighted by Crippen LogP contribution is 2.23. The molecule has 3 atom stereocenters. The molecule has 0 aromatic carbocycles. The molecule has 17 heavy (non-hydrogen) atoms. The van der Waals surface area contributed by atoms with Crippen LogP contribution in [0.3, 0.4) is 0 Å². The first-order chi connectivity index (χ1) is 8.20. The lowest BCUT2D eigenvalue weighted by atomic mass is 9.97. The minimum Gasteiger partial charge on any atom is -0.299 e. The van der Waals surface area contributed by atoms with E-state index in [4.69, 9.17) is 5.26 Å². The number of likely N-dealkylation sites (tertiary alicyclic amines) is 1. The number of rotatable bonds is 5. The fourth-order valence-electron chi connectivity index (χ4n) is 2.91. The molecule has 0 bridgehead atoms. The Balaban J connectivity index is 1.76. The number of nitrogens with one attached hydrogen (secondary N) is 1. The molecule has 0 aromatic heterocycles. The first-order valence-electron chi connectivity index (χ1n) is 7.12. The summed E-state index contributed by atoms with van der Waals surface area (Å²) in [4.78, 5) is 2.59. The fourth-order valence-corrected chi connectivity index (χ4v) is 2.91. The van der Waals surface area contributed by atoms with Gasteiger partial charge in [0.25, 0.3) is 0 Å². The number of nitriles is 1. The zero-order valence-electron chi connectivity index (χ0n) is 11.2. The Hall–Kier alpha value is -0.590. The Morgan fingerprint density at radius 3 is 2.41 bits per heavy atom. The summed E-state index contributed by atoms with van der Waals surface area (Å²) in [5.74, 6) is 0. The zero-order chi connectivity index (χ0) is 12.3. The highest BCUT2D eigenvalue weighted by atomic mass is 15.2. The van der Waals surface area contributed by atoms with E-state index in [1.807, 2.05) is 0 Å². The van der Waals surface area contributed by atoms with Crippen LogP contribution in [0.5, 0.6) is 0 Å². The van der Waals surface area contributed by atoms with E-state index in [2.05, 4.69) is 30.1 Å². The lowest BCUT2D eigenvalue weighted by molar-refractivity contribution is 0.100. The van der Waals surface area contributed by atoms with E-state index < -0.39 is 0 Å². The fraction of sp³-hybridized carbons (Fsp3) is 0.929. The number of piperidine rings is 1. The Morgan fingerprint density at radius 2 is 1.88 bits per heavy atom. The number of nitrogens with zero attached hydrogens (tertiary/aromatic N) is 2. The standard InChI is InChI=1S/C14H25N3/c1-11-4-3-5-12(2)17(11)9-8-14(10-15)16-13-6-7-13/h11-14,16H,3-9H2,1-2H3/t11-,12+,14?. The van der Waals surface area contributed by atoms with Gasteiger partial charge in [0.1, 0.15) is 0 Å². The van der Waals surface area contributed by atoms with Crippen LogP contribution in [0.25, 0.3) is 0 Å². The van der Waals surface area contributed by atoms with Crippen LogP contribution in [0.15, 0.2) is 0 Å². The predicted molar refractivity (Wildman–Crippen MR) is 69.7 cm³/mol. The Bertz CT molecular complexity index is 270. The molecule has 3 nitrogen and oxygen atoms in total. The van der Waals surface area contributed by atoms with Crippen LogP contribution in [0, 0.1) is 11.3 Å². The minimum atomic E-state index is 0.0591. The molecular formula is C14H25N3. The molecule has 2 aliphatic rings. The summed E-state index contributed by atoms with van der Waals surface area (Å²) >= 11 is 0. The van der Waals surface area contributed by atoms with E-state index in [0.717, 1.165) is 13.0 Å².